The maximum atomic E-state index is 13.0. The van der Waals surface area contributed by atoms with Gasteiger partial charge in [0.2, 0.25) is 5.88 Å². The number of nitrogens with zero attached hydrogens (tertiary/aromatic N) is 2. The van der Waals surface area contributed by atoms with E-state index in [4.69, 9.17) is 11.6 Å². The zero-order valence-corrected chi connectivity index (χ0v) is 16.1. The van der Waals surface area contributed by atoms with E-state index in [-0.39, 0.29) is 23.2 Å². The summed E-state index contributed by atoms with van der Waals surface area (Å²) < 4.78 is 1.01. The van der Waals surface area contributed by atoms with E-state index in [0.29, 0.717) is 16.1 Å². The van der Waals surface area contributed by atoms with Gasteiger partial charge >= 0.3 is 0 Å². The quantitative estimate of drug-likeness (QED) is 0.681. The molecule has 0 saturated carbocycles. The standard InChI is InChI=1S/C22H17ClN2O3/c1-13-7-9-15(10-8-13)20(26)19-14(2)17(11-24)21(27)25(22(19)28)12-16-5-3-4-6-18(16)23/h3-10,28H,12H2,1-2H3. The molecule has 2 aromatic carbocycles. The van der Waals surface area contributed by atoms with Crippen LogP contribution in [0.2, 0.25) is 5.02 Å². The summed E-state index contributed by atoms with van der Waals surface area (Å²) in [6.45, 7) is 3.32. The van der Waals surface area contributed by atoms with Crippen LogP contribution in [0, 0.1) is 25.2 Å². The van der Waals surface area contributed by atoms with Crippen LogP contribution in [-0.2, 0) is 6.54 Å². The van der Waals surface area contributed by atoms with Crippen LogP contribution < -0.4 is 5.56 Å². The molecule has 0 atom stereocenters. The molecule has 0 aliphatic carbocycles. The Morgan fingerprint density at radius 2 is 1.79 bits per heavy atom. The Balaban J connectivity index is 2.22. The van der Waals surface area contributed by atoms with Crippen molar-refractivity contribution in [3.05, 3.63) is 97.3 Å². The molecule has 0 spiro atoms. The number of pyridine rings is 1. The summed E-state index contributed by atoms with van der Waals surface area (Å²) in [6.07, 6.45) is 0. The fourth-order valence-electron chi connectivity index (χ4n) is 3.02. The number of rotatable bonds is 4. The summed E-state index contributed by atoms with van der Waals surface area (Å²) in [5, 5.41) is 20.7. The third-order valence-corrected chi connectivity index (χ3v) is 5.00. The monoisotopic (exact) mass is 392 g/mol. The second kappa shape index (κ2) is 7.71. The van der Waals surface area contributed by atoms with Gasteiger partial charge in [-0.1, -0.05) is 59.6 Å². The Bertz CT molecular complexity index is 1170. The zero-order chi connectivity index (χ0) is 20.4. The van der Waals surface area contributed by atoms with Crippen LogP contribution in [0.25, 0.3) is 0 Å². The minimum absolute atomic E-state index is 0.0620. The van der Waals surface area contributed by atoms with Gasteiger partial charge in [-0.15, -0.1) is 0 Å². The molecule has 1 aromatic heterocycles. The van der Waals surface area contributed by atoms with Crippen LogP contribution in [-0.4, -0.2) is 15.5 Å². The molecule has 0 fully saturated rings. The van der Waals surface area contributed by atoms with Crippen molar-refractivity contribution in [3.63, 3.8) is 0 Å². The fourth-order valence-corrected chi connectivity index (χ4v) is 3.21. The van der Waals surface area contributed by atoms with Gasteiger partial charge in [0.15, 0.2) is 5.78 Å². The first-order valence-electron chi connectivity index (χ1n) is 8.56. The third-order valence-electron chi connectivity index (χ3n) is 4.63. The van der Waals surface area contributed by atoms with E-state index in [1.165, 1.54) is 6.92 Å². The van der Waals surface area contributed by atoms with E-state index >= 15 is 0 Å². The van der Waals surface area contributed by atoms with E-state index in [1.807, 2.05) is 13.0 Å². The molecule has 28 heavy (non-hydrogen) atoms. The highest BCUT2D eigenvalue weighted by Gasteiger charge is 2.25. The summed E-state index contributed by atoms with van der Waals surface area (Å²) in [5.41, 5.74) is 1.18. The molecule has 0 aliphatic rings. The van der Waals surface area contributed by atoms with Gasteiger partial charge in [0.05, 0.1) is 12.1 Å². The fraction of sp³-hybridized carbons (Fsp3) is 0.136. The Kier molecular flexibility index (Phi) is 5.34. The lowest BCUT2D eigenvalue weighted by molar-refractivity contribution is 0.103. The summed E-state index contributed by atoms with van der Waals surface area (Å²) >= 11 is 6.17. The second-order valence-corrected chi connectivity index (χ2v) is 6.90. The topological polar surface area (TPSA) is 83.1 Å². The summed E-state index contributed by atoms with van der Waals surface area (Å²) in [6, 6.07) is 15.6. The molecule has 0 saturated heterocycles. The molecule has 140 valence electrons. The number of hydrogen-bond donors (Lipinski definition) is 1. The molecular formula is C22H17ClN2O3. The molecule has 5 nitrogen and oxygen atoms in total. The second-order valence-electron chi connectivity index (χ2n) is 6.49. The van der Waals surface area contributed by atoms with E-state index in [9.17, 15) is 20.0 Å². The first kappa shape index (κ1) is 19.4. The van der Waals surface area contributed by atoms with Crippen molar-refractivity contribution in [1.29, 1.82) is 5.26 Å². The Morgan fingerprint density at radius 3 is 2.39 bits per heavy atom. The lowest BCUT2D eigenvalue weighted by atomic mass is 9.96. The maximum Gasteiger partial charge on any atom is 0.271 e. The molecule has 1 N–H and O–H groups in total. The molecule has 0 amide bonds. The molecule has 3 aromatic rings. The predicted molar refractivity (Wildman–Crippen MR) is 107 cm³/mol. The van der Waals surface area contributed by atoms with Gasteiger partial charge in [0.25, 0.3) is 5.56 Å². The van der Waals surface area contributed by atoms with Crippen LogP contribution in [0.5, 0.6) is 5.88 Å². The molecule has 0 radical (unpaired) electrons. The lowest BCUT2D eigenvalue weighted by Gasteiger charge is -2.16. The smallest absolute Gasteiger partial charge is 0.271 e. The van der Waals surface area contributed by atoms with Gasteiger partial charge in [-0.05, 0) is 31.0 Å². The van der Waals surface area contributed by atoms with Crippen molar-refractivity contribution in [2.24, 2.45) is 0 Å². The molecule has 0 unspecified atom stereocenters. The number of ketones is 1. The van der Waals surface area contributed by atoms with Crippen molar-refractivity contribution < 1.29 is 9.90 Å². The van der Waals surface area contributed by atoms with Crippen molar-refractivity contribution >= 4 is 17.4 Å². The number of aromatic hydroxyl groups is 1. The Morgan fingerprint density at radius 1 is 1.14 bits per heavy atom. The number of hydrogen-bond acceptors (Lipinski definition) is 4. The lowest BCUT2D eigenvalue weighted by Crippen LogP contribution is -2.27. The number of aromatic nitrogens is 1. The van der Waals surface area contributed by atoms with Gasteiger partial charge in [-0.3, -0.25) is 14.2 Å². The number of carbonyl (C=O) groups is 1. The highest BCUT2D eigenvalue weighted by Crippen LogP contribution is 2.26. The highest BCUT2D eigenvalue weighted by atomic mass is 35.5. The average Bonchev–Trinajstić information content (AvgIpc) is 2.67. The maximum absolute atomic E-state index is 13.0. The molecule has 6 heteroatoms. The van der Waals surface area contributed by atoms with Gasteiger partial charge in [0.1, 0.15) is 11.6 Å². The van der Waals surface area contributed by atoms with E-state index in [0.717, 1.165) is 10.1 Å². The van der Waals surface area contributed by atoms with Crippen LogP contribution >= 0.6 is 11.6 Å². The number of aryl methyl sites for hydroxylation is 1. The first-order valence-corrected chi connectivity index (χ1v) is 8.94. The van der Waals surface area contributed by atoms with E-state index < -0.39 is 17.2 Å². The number of nitriles is 1. The molecule has 0 bridgehead atoms. The minimum atomic E-state index is -0.669. The van der Waals surface area contributed by atoms with Crippen LogP contribution in [0.15, 0.2) is 53.3 Å². The van der Waals surface area contributed by atoms with Crippen molar-refractivity contribution in [1.82, 2.24) is 4.57 Å². The van der Waals surface area contributed by atoms with E-state index in [2.05, 4.69) is 0 Å². The predicted octanol–water partition coefficient (Wildman–Crippen LogP) is 3.98. The largest absolute Gasteiger partial charge is 0.494 e. The normalized spacial score (nSPS) is 10.5. The summed E-state index contributed by atoms with van der Waals surface area (Å²) in [7, 11) is 0. The van der Waals surface area contributed by atoms with Gasteiger partial charge < -0.3 is 5.11 Å². The summed E-state index contributed by atoms with van der Waals surface area (Å²) in [4.78, 5) is 25.8. The number of halogens is 1. The highest BCUT2D eigenvalue weighted by molar-refractivity contribution is 6.31. The van der Waals surface area contributed by atoms with Gasteiger partial charge in [0, 0.05) is 10.6 Å². The SMILES string of the molecule is Cc1ccc(C(=O)c2c(C)c(C#N)c(=O)n(Cc3ccccc3Cl)c2O)cc1. The van der Waals surface area contributed by atoms with Crippen LogP contribution in [0.4, 0.5) is 0 Å². The molecule has 1 heterocycles. The average molecular weight is 393 g/mol. The molecule has 0 aliphatic heterocycles. The number of benzene rings is 2. The van der Waals surface area contributed by atoms with Gasteiger partial charge in [-0.25, -0.2) is 0 Å². The van der Waals surface area contributed by atoms with Gasteiger partial charge in [-0.2, -0.15) is 5.26 Å². The number of carbonyl (C=O) groups excluding carboxylic acids is 1. The van der Waals surface area contributed by atoms with E-state index in [1.54, 1.807) is 48.5 Å². The zero-order valence-electron chi connectivity index (χ0n) is 15.4. The van der Waals surface area contributed by atoms with Crippen molar-refractivity contribution in [2.45, 2.75) is 20.4 Å². The Hall–Kier alpha value is -3.36. The molecular weight excluding hydrogens is 376 g/mol. The third kappa shape index (κ3) is 3.42. The van der Waals surface area contributed by atoms with Crippen LogP contribution in [0.1, 0.15) is 38.2 Å². The Labute approximate surface area is 167 Å². The minimum Gasteiger partial charge on any atom is -0.494 e. The first-order chi connectivity index (χ1) is 13.3. The van der Waals surface area contributed by atoms with Crippen LogP contribution in [0.3, 0.4) is 0 Å². The summed E-state index contributed by atoms with van der Waals surface area (Å²) in [5.74, 6) is -0.939. The van der Waals surface area contributed by atoms with Crippen molar-refractivity contribution in [2.75, 3.05) is 0 Å². The molecule has 3 rings (SSSR count). The van der Waals surface area contributed by atoms with Crippen molar-refractivity contribution in [3.8, 4) is 11.9 Å².